The van der Waals surface area contributed by atoms with E-state index >= 15 is 0 Å². The standard InChI is InChI=1S/C11H16O2/c12-8-4-7-11(13)9-10-5-2-1-3-6-10/h1-3,5-6,11-13H,4,7-9H2/t11-/m1/s1. The van der Waals surface area contributed by atoms with Gasteiger partial charge in [-0.25, -0.2) is 0 Å². The molecular weight excluding hydrogens is 164 g/mol. The van der Waals surface area contributed by atoms with E-state index in [2.05, 4.69) is 0 Å². The summed E-state index contributed by atoms with van der Waals surface area (Å²) in [5, 5.41) is 18.1. The number of hydrogen-bond donors (Lipinski definition) is 2. The van der Waals surface area contributed by atoms with E-state index in [1.807, 2.05) is 30.3 Å². The molecule has 1 atom stereocenters. The van der Waals surface area contributed by atoms with Gasteiger partial charge in [-0.15, -0.1) is 0 Å². The van der Waals surface area contributed by atoms with Crippen molar-refractivity contribution in [3.63, 3.8) is 0 Å². The van der Waals surface area contributed by atoms with Crippen LogP contribution in [-0.2, 0) is 6.42 Å². The van der Waals surface area contributed by atoms with Crippen LogP contribution in [0.25, 0.3) is 0 Å². The van der Waals surface area contributed by atoms with Gasteiger partial charge < -0.3 is 10.2 Å². The molecule has 0 radical (unpaired) electrons. The minimum atomic E-state index is -0.324. The molecule has 1 aromatic carbocycles. The Hall–Kier alpha value is -0.860. The Morgan fingerprint density at radius 2 is 1.85 bits per heavy atom. The molecule has 0 aliphatic heterocycles. The highest BCUT2D eigenvalue weighted by Gasteiger charge is 2.03. The summed E-state index contributed by atoms with van der Waals surface area (Å²) in [5.74, 6) is 0. The van der Waals surface area contributed by atoms with E-state index < -0.39 is 0 Å². The molecule has 1 rings (SSSR count). The lowest BCUT2D eigenvalue weighted by Crippen LogP contribution is -2.10. The van der Waals surface area contributed by atoms with Crippen LogP contribution >= 0.6 is 0 Å². The normalized spacial score (nSPS) is 12.8. The van der Waals surface area contributed by atoms with Crippen molar-refractivity contribution in [2.75, 3.05) is 6.61 Å². The summed E-state index contributed by atoms with van der Waals surface area (Å²) in [7, 11) is 0. The van der Waals surface area contributed by atoms with Crippen LogP contribution in [0.2, 0.25) is 0 Å². The molecule has 0 aromatic heterocycles. The van der Waals surface area contributed by atoms with Crippen molar-refractivity contribution in [2.45, 2.75) is 25.4 Å². The third-order valence-electron chi connectivity index (χ3n) is 2.01. The molecular formula is C11H16O2. The molecule has 0 aliphatic rings. The minimum absolute atomic E-state index is 0.159. The molecule has 0 amide bonds. The lowest BCUT2D eigenvalue weighted by Gasteiger charge is -2.08. The maximum atomic E-state index is 9.52. The quantitative estimate of drug-likeness (QED) is 0.718. The maximum Gasteiger partial charge on any atom is 0.0581 e. The zero-order chi connectivity index (χ0) is 9.52. The van der Waals surface area contributed by atoms with Crippen molar-refractivity contribution in [3.8, 4) is 0 Å². The van der Waals surface area contributed by atoms with Gasteiger partial charge >= 0.3 is 0 Å². The molecule has 0 unspecified atom stereocenters. The van der Waals surface area contributed by atoms with Gasteiger partial charge in [0, 0.05) is 6.61 Å². The van der Waals surface area contributed by atoms with Crippen LogP contribution in [0, 0.1) is 0 Å². The van der Waals surface area contributed by atoms with Crippen molar-refractivity contribution in [1.29, 1.82) is 0 Å². The number of rotatable bonds is 5. The van der Waals surface area contributed by atoms with Crippen LogP contribution in [0.4, 0.5) is 0 Å². The maximum absolute atomic E-state index is 9.52. The largest absolute Gasteiger partial charge is 0.396 e. The van der Waals surface area contributed by atoms with E-state index in [9.17, 15) is 5.11 Å². The molecule has 13 heavy (non-hydrogen) atoms. The van der Waals surface area contributed by atoms with Gasteiger partial charge in [-0.3, -0.25) is 0 Å². The highest BCUT2D eigenvalue weighted by Crippen LogP contribution is 2.06. The highest BCUT2D eigenvalue weighted by atomic mass is 16.3. The van der Waals surface area contributed by atoms with Gasteiger partial charge in [0.15, 0.2) is 0 Å². The SMILES string of the molecule is OCCC[C@@H](O)Cc1ccccc1. The van der Waals surface area contributed by atoms with Gasteiger partial charge in [0.25, 0.3) is 0 Å². The average Bonchev–Trinajstić information content (AvgIpc) is 2.16. The Balaban J connectivity index is 2.32. The lowest BCUT2D eigenvalue weighted by atomic mass is 10.0. The lowest BCUT2D eigenvalue weighted by molar-refractivity contribution is 0.150. The van der Waals surface area contributed by atoms with Crippen molar-refractivity contribution in [3.05, 3.63) is 35.9 Å². The summed E-state index contributed by atoms with van der Waals surface area (Å²) < 4.78 is 0. The van der Waals surface area contributed by atoms with Crippen LogP contribution < -0.4 is 0 Å². The number of aliphatic hydroxyl groups excluding tert-OH is 2. The summed E-state index contributed by atoms with van der Waals surface area (Å²) in [6, 6.07) is 9.90. The second-order valence-electron chi connectivity index (χ2n) is 3.21. The van der Waals surface area contributed by atoms with E-state index in [4.69, 9.17) is 5.11 Å². The van der Waals surface area contributed by atoms with Crippen LogP contribution in [0.15, 0.2) is 30.3 Å². The third-order valence-corrected chi connectivity index (χ3v) is 2.01. The van der Waals surface area contributed by atoms with Crippen LogP contribution in [0.3, 0.4) is 0 Å². The highest BCUT2D eigenvalue weighted by molar-refractivity contribution is 5.15. The zero-order valence-electron chi connectivity index (χ0n) is 7.69. The Morgan fingerprint density at radius 3 is 2.46 bits per heavy atom. The second kappa shape index (κ2) is 5.73. The first kappa shape index (κ1) is 10.2. The monoisotopic (exact) mass is 180 g/mol. The van der Waals surface area contributed by atoms with E-state index in [0.717, 1.165) is 5.56 Å². The molecule has 0 saturated carbocycles. The first-order valence-corrected chi connectivity index (χ1v) is 4.66. The van der Waals surface area contributed by atoms with Crippen molar-refractivity contribution < 1.29 is 10.2 Å². The van der Waals surface area contributed by atoms with Gasteiger partial charge in [-0.05, 0) is 24.8 Å². The van der Waals surface area contributed by atoms with E-state index in [1.54, 1.807) is 0 Å². The van der Waals surface area contributed by atoms with Gasteiger partial charge in [0.1, 0.15) is 0 Å². The average molecular weight is 180 g/mol. The topological polar surface area (TPSA) is 40.5 Å². The Labute approximate surface area is 78.8 Å². The smallest absolute Gasteiger partial charge is 0.0581 e. The zero-order valence-corrected chi connectivity index (χ0v) is 7.69. The summed E-state index contributed by atoms with van der Waals surface area (Å²) in [6.07, 6.45) is 1.70. The molecule has 0 spiro atoms. The molecule has 2 nitrogen and oxygen atoms in total. The predicted molar refractivity (Wildman–Crippen MR) is 52.5 cm³/mol. The second-order valence-corrected chi connectivity index (χ2v) is 3.21. The fourth-order valence-corrected chi connectivity index (χ4v) is 1.32. The molecule has 2 heteroatoms. The van der Waals surface area contributed by atoms with Crippen molar-refractivity contribution in [1.82, 2.24) is 0 Å². The molecule has 1 aromatic rings. The molecule has 2 N–H and O–H groups in total. The summed E-state index contributed by atoms with van der Waals surface area (Å²) in [5.41, 5.74) is 1.15. The fraction of sp³-hybridized carbons (Fsp3) is 0.455. The molecule has 0 heterocycles. The van der Waals surface area contributed by atoms with Crippen LogP contribution in [0.1, 0.15) is 18.4 Å². The van der Waals surface area contributed by atoms with E-state index in [-0.39, 0.29) is 12.7 Å². The van der Waals surface area contributed by atoms with E-state index in [0.29, 0.717) is 19.3 Å². The van der Waals surface area contributed by atoms with Gasteiger partial charge in [-0.1, -0.05) is 30.3 Å². The Morgan fingerprint density at radius 1 is 1.15 bits per heavy atom. The van der Waals surface area contributed by atoms with E-state index in [1.165, 1.54) is 0 Å². The van der Waals surface area contributed by atoms with Gasteiger partial charge in [0.05, 0.1) is 6.10 Å². The van der Waals surface area contributed by atoms with Crippen molar-refractivity contribution >= 4 is 0 Å². The first-order valence-electron chi connectivity index (χ1n) is 4.66. The summed E-state index contributed by atoms with van der Waals surface area (Å²) in [6.45, 7) is 0.159. The van der Waals surface area contributed by atoms with Crippen LogP contribution in [0.5, 0.6) is 0 Å². The molecule has 0 bridgehead atoms. The van der Waals surface area contributed by atoms with Crippen molar-refractivity contribution in [2.24, 2.45) is 0 Å². The molecule has 0 aliphatic carbocycles. The number of benzene rings is 1. The molecule has 0 saturated heterocycles. The first-order chi connectivity index (χ1) is 6.33. The number of aliphatic hydroxyl groups is 2. The Kier molecular flexibility index (Phi) is 4.50. The van der Waals surface area contributed by atoms with Gasteiger partial charge in [-0.2, -0.15) is 0 Å². The minimum Gasteiger partial charge on any atom is -0.396 e. The van der Waals surface area contributed by atoms with Crippen LogP contribution in [-0.4, -0.2) is 22.9 Å². The van der Waals surface area contributed by atoms with Gasteiger partial charge in [0.2, 0.25) is 0 Å². The molecule has 0 fully saturated rings. The summed E-state index contributed by atoms with van der Waals surface area (Å²) >= 11 is 0. The third kappa shape index (κ3) is 4.06. The predicted octanol–water partition coefficient (Wildman–Crippen LogP) is 1.36. The number of hydrogen-bond acceptors (Lipinski definition) is 2. The molecule has 72 valence electrons. The fourth-order valence-electron chi connectivity index (χ4n) is 1.32. The Bertz CT molecular complexity index is 221. The summed E-state index contributed by atoms with van der Waals surface area (Å²) in [4.78, 5) is 0.